The van der Waals surface area contributed by atoms with E-state index < -0.39 is 6.04 Å². The lowest BCUT2D eigenvalue weighted by atomic mass is 10.7. The van der Waals surface area contributed by atoms with E-state index in [1.807, 2.05) is 0 Å². The number of hydrogen-bond donors (Lipinski definition) is 1. The molecule has 0 aromatic rings. The molecule has 0 aliphatic rings. The summed E-state index contributed by atoms with van der Waals surface area (Å²) in [5.74, 6) is 0. The van der Waals surface area contributed by atoms with Gasteiger partial charge in [-0.3, -0.25) is 0 Å². The fourth-order valence-corrected chi connectivity index (χ4v) is 0. The van der Waals surface area contributed by atoms with Crippen molar-refractivity contribution >= 4 is 0 Å². The van der Waals surface area contributed by atoms with E-state index in [1.165, 1.54) is 0 Å². The average Bonchev–Trinajstić information content (AvgIpc) is 0.722. The third kappa shape index (κ3) is 586. The predicted molar refractivity (Wildman–Crippen MR) is 12.4 cm³/mol. The second-order valence-electron chi connectivity index (χ2n) is 0.870. The second kappa shape index (κ2) is 0.914. The van der Waals surface area contributed by atoms with Gasteiger partial charge in [0.1, 0.15) is 0 Å². The molecule has 0 aromatic carbocycles. The van der Waals surface area contributed by atoms with Crippen LogP contribution in [0.25, 0.3) is 0 Å². The van der Waals surface area contributed by atoms with Crippen molar-refractivity contribution in [2.24, 2.45) is 0 Å². The van der Waals surface area contributed by atoms with Gasteiger partial charge in [0.2, 0.25) is 0 Å². The fourth-order valence-electron chi connectivity index (χ4n) is 0. The Morgan fingerprint density at radius 3 is 2.00 bits per heavy atom. The maximum absolute atomic E-state index is 10.7. The maximum Gasteiger partial charge on any atom is 0.342 e. The summed E-state index contributed by atoms with van der Waals surface area (Å²) in [7, 11) is 0. The highest BCUT2D eigenvalue weighted by Crippen LogP contribution is 1.94. The van der Waals surface area contributed by atoms with Gasteiger partial charge in [-0.15, -0.1) is 0 Å². The Bertz CT molecular complexity index is 23.1. The molecule has 0 bridgehead atoms. The zero-order valence-corrected chi connectivity index (χ0v) is 2.73. The summed E-state index contributed by atoms with van der Waals surface area (Å²) in [4.78, 5) is 0. The molecule has 0 amide bonds. The summed E-state index contributed by atoms with van der Waals surface area (Å²) in [5, 5.41) is 16.3. The summed E-state index contributed by atoms with van der Waals surface area (Å²) in [6, 6.07) is -3.25. The minimum Gasteiger partial charge on any atom is -0.338 e. The average molecular weight is 79.1 g/mol. The summed E-state index contributed by atoms with van der Waals surface area (Å²) in [5.41, 5.74) is 0. The Balaban J connectivity index is 3.02. The summed E-state index contributed by atoms with van der Waals surface area (Å²) >= 11 is 0. The highest BCUT2D eigenvalue weighted by molar-refractivity contribution is 4.22. The standard InChI is InChI=1S/C2H4FO2/c1-2(3,4)5/h4H,1H3. The van der Waals surface area contributed by atoms with Crippen LogP contribution in [0.15, 0.2) is 0 Å². The number of hydrogen-bond acceptors (Lipinski definition) is 1. The van der Waals surface area contributed by atoms with E-state index in [2.05, 4.69) is 0 Å². The maximum atomic E-state index is 10.7. The Labute approximate surface area is 28.9 Å². The first kappa shape index (κ1) is 4.85. The normalized spacial score (nSPS) is 12.0. The van der Waals surface area contributed by atoms with Crippen molar-refractivity contribution in [1.82, 2.24) is 0 Å². The molecule has 0 rings (SSSR count). The molecule has 2 nitrogen and oxygen atoms in total. The van der Waals surface area contributed by atoms with Gasteiger partial charge in [0.05, 0.1) is 0 Å². The monoisotopic (exact) mass is 79.0 g/mol. The van der Waals surface area contributed by atoms with Crippen molar-refractivity contribution < 1.29 is 14.6 Å². The molecular weight excluding hydrogens is 75.0 g/mol. The highest BCUT2D eigenvalue weighted by Gasteiger charge is 2.11. The van der Waals surface area contributed by atoms with Gasteiger partial charge in [-0.25, -0.2) is 0 Å². The predicted octanol–water partition coefficient (Wildman–Crippen LogP) is 0.0524. The Hall–Kier alpha value is -0.150. The summed E-state index contributed by atoms with van der Waals surface area (Å²) in [6.07, 6.45) is 0. The number of halogens is 1. The van der Waals surface area contributed by atoms with Crippen molar-refractivity contribution in [3.63, 3.8) is 0 Å². The van der Waals surface area contributed by atoms with Crippen LogP contribution in [0.4, 0.5) is 4.39 Å². The quantitative estimate of drug-likeness (QED) is 0.409. The van der Waals surface area contributed by atoms with E-state index in [4.69, 9.17) is 10.2 Å². The molecule has 1 N–H and O–H groups in total. The van der Waals surface area contributed by atoms with Gasteiger partial charge in [0.25, 0.3) is 0 Å². The van der Waals surface area contributed by atoms with Crippen LogP contribution < -0.4 is 0 Å². The third-order valence-electron chi connectivity index (χ3n) is 0. The third-order valence-corrected chi connectivity index (χ3v) is 0. The minimum atomic E-state index is -3.25. The smallest absolute Gasteiger partial charge is 0.338 e. The van der Waals surface area contributed by atoms with Crippen LogP contribution >= 0.6 is 0 Å². The van der Waals surface area contributed by atoms with Gasteiger partial charge in [-0.2, -0.15) is 9.50 Å². The highest BCUT2D eigenvalue weighted by atomic mass is 19.2. The number of rotatable bonds is 0. The van der Waals surface area contributed by atoms with Gasteiger partial charge in [-0.1, -0.05) is 0 Å². The van der Waals surface area contributed by atoms with Gasteiger partial charge >= 0.3 is 6.04 Å². The fraction of sp³-hybridized carbons (Fsp3) is 1.00. The molecule has 0 saturated heterocycles. The van der Waals surface area contributed by atoms with Gasteiger partial charge in [0.15, 0.2) is 0 Å². The van der Waals surface area contributed by atoms with E-state index in [9.17, 15) is 4.39 Å². The molecule has 0 fully saturated rings. The molecule has 0 saturated carbocycles. The number of aliphatic hydroxyl groups is 1. The lowest BCUT2D eigenvalue weighted by molar-refractivity contribution is -0.281. The molecule has 0 heterocycles. The van der Waals surface area contributed by atoms with Crippen LogP contribution in [-0.4, -0.2) is 11.1 Å². The molecule has 1 radical (unpaired) electrons. The number of alkyl halides is 1. The van der Waals surface area contributed by atoms with Crippen molar-refractivity contribution in [1.29, 1.82) is 0 Å². The molecule has 5 heavy (non-hydrogen) atoms. The molecule has 1 unspecified atom stereocenters. The van der Waals surface area contributed by atoms with E-state index in [0.29, 0.717) is 6.92 Å². The first-order valence-corrected chi connectivity index (χ1v) is 1.12. The van der Waals surface area contributed by atoms with Crippen LogP contribution in [0.3, 0.4) is 0 Å². The molecule has 0 spiro atoms. The van der Waals surface area contributed by atoms with Crippen LogP contribution in [-0.2, 0) is 5.11 Å². The molecular formula is C2H4FO2. The van der Waals surface area contributed by atoms with E-state index in [-0.39, 0.29) is 0 Å². The zero-order chi connectivity index (χ0) is 4.50. The van der Waals surface area contributed by atoms with Crippen molar-refractivity contribution in [2.45, 2.75) is 13.0 Å². The second-order valence-corrected chi connectivity index (χ2v) is 0.870. The molecule has 0 aliphatic heterocycles. The van der Waals surface area contributed by atoms with E-state index in [0.717, 1.165) is 0 Å². The van der Waals surface area contributed by atoms with Gasteiger partial charge in [0, 0.05) is 6.92 Å². The van der Waals surface area contributed by atoms with E-state index in [1.54, 1.807) is 0 Å². The van der Waals surface area contributed by atoms with Gasteiger partial charge < -0.3 is 5.11 Å². The van der Waals surface area contributed by atoms with Crippen molar-refractivity contribution in [2.75, 3.05) is 0 Å². The van der Waals surface area contributed by atoms with Crippen LogP contribution in [0.1, 0.15) is 6.92 Å². The Kier molecular flexibility index (Phi) is 0.886. The minimum absolute atomic E-state index is 0.521. The zero-order valence-electron chi connectivity index (χ0n) is 2.73. The topological polar surface area (TPSA) is 40.1 Å². The van der Waals surface area contributed by atoms with Crippen molar-refractivity contribution in [3.8, 4) is 0 Å². The lowest BCUT2D eigenvalue weighted by Gasteiger charge is -1.93. The van der Waals surface area contributed by atoms with Crippen LogP contribution in [0.5, 0.6) is 0 Å². The SMILES string of the molecule is CC([O])(O)F. The van der Waals surface area contributed by atoms with Crippen LogP contribution in [0, 0.1) is 0 Å². The Morgan fingerprint density at radius 2 is 2.00 bits per heavy atom. The molecule has 1 atom stereocenters. The van der Waals surface area contributed by atoms with Crippen molar-refractivity contribution in [3.05, 3.63) is 0 Å². The Morgan fingerprint density at radius 1 is 2.00 bits per heavy atom. The summed E-state index contributed by atoms with van der Waals surface area (Å²) < 4.78 is 10.7. The molecule has 31 valence electrons. The summed E-state index contributed by atoms with van der Waals surface area (Å²) in [6.45, 7) is 0.521. The van der Waals surface area contributed by atoms with Crippen LogP contribution in [0.2, 0.25) is 0 Å². The largest absolute Gasteiger partial charge is 0.342 e. The lowest BCUT2D eigenvalue weighted by Crippen LogP contribution is -2.10. The van der Waals surface area contributed by atoms with E-state index >= 15 is 0 Å². The first-order chi connectivity index (χ1) is 2.00. The first-order valence-electron chi connectivity index (χ1n) is 1.12. The molecule has 3 heteroatoms. The molecule has 0 aromatic heterocycles. The molecule has 0 aliphatic carbocycles. The van der Waals surface area contributed by atoms with Gasteiger partial charge in [-0.05, 0) is 0 Å².